The van der Waals surface area contributed by atoms with Gasteiger partial charge in [-0.2, -0.15) is 0 Å². The standard InChI is InChI=1S/C15H22N2/c16-9-12-7-8-17(10-12)11-14-3-1-2-4-15(14)13-5-6-13/h1-4,12-13H,5-11,16H2. The maximum atomic E-state index is 5.75. The number of hydrogen-bond acceptors (Lipinski definition) is 2. The molecule has 17 heavy (non-hydrogen) atoms. The smallest absolute Gasteiger partial charge is 0.0236 e. The van der Waals surface area contributed by atoms with Crippen LogP contribution in [0.4, 0.5) is 0 Å². The van der Waals surface area contributed by atoms with E-state index in [1.165, 1.54) is 32.4 Å². The summed E-state index contributed by atoms with van der Waals surface area (Å²) in [5, 5.41) is 0. The Morgan fingerprint density at radius 1 is 1.18 bits per heavy atom. The average Bonchev–Trinajstić information content (AvgIpc) is 3.10. The molecule has 1 saturated carbocycles. The van der Waals surface area contributed by atoms with Crippen molar-refractivity contribution in [1.29, 1.82) is 0 Å². The summed E-state index contributed by atoms with van der Waals surface area (Å²) in [5.74, 6) is 1.59. The van der Waals surface area contributed by atoms with E-state index < -0.39 is 0 Å². The third kappa shape index (κ3) is 2.53. The Hall–Kier alpha value is -0.860. The second-order valence-corrected chi connectivity index (χ2v) is 5.60. The largest absolute Gasteiger partial charge is 0.330 e. The van der Waals surface area contributed by atoms with Crippen molar-refractivity contribution in [2.45, 2.75) is 31.7 Å². The lowest BCUT2D eigenvalue weighted by Gasteiger charge is -2.18. The van der Waals surface area contributed by atoms with E-state index >= 15 is 0 Å². The number of benzene rings is 1. The topological polar surface area (TPSA) is 29.3 Å². The lowest BCUT2D eigenvalue weighted by molar-refractivity contribution is 0.317. The van der Waals surface area contributed by atoms with Crippen LogP contribution in [0.15, 0.2) is 24.3 Å². The van der Waals surface area contributed by atoms with E-state index in [1.807, 2.05) is 0 Å². The van der Waals surface area contributed by atoms with Crippen LogP contribution in [-0.2, 0) is 6.54 Å². The van der Waals surface area contributed by atoms with Crippen LogP contribution in [0.2, 0.25) is 0 Å². The van der Waals surface area contributed by atoms with Gasteiger partial charge in [0.1, 0.15) is 0 Å². The van der Waals surface area contributed by atoms with Crippen LogP contribution in [0, 0.1) is 5.92 Å². The average molecular weight is 230 g/mol. The molecule has 2 nitrogen and oxygen atoms in total. The van der Waals surface area contributed by atoms with E-state index in [2.05, 4.69) is 29.2 Å². The molecule has 92 valence electrons. The molecule has 1 saturated heterocycles. The minimum atomic E-state index is 0.725. The summed E-state index contributed by atoms with van der Waals surface area (Å²) in [7, 11) is 0. The normalized spacial score (nSPS) is 25.4. The molecule has 1 aromatic carbocycles. The molecule has 0 spiro atoms. The van der Waals surface area contributed by atoms with Crippen LogP contribution in [0.5, 0.6) is 0 Å². The molecule has 1 aliphatic carbocycles. The number of hydrogen-bond donors (Lipinski definition) is 1. The highest BCUT2D eigenvalue weighted by atomic mass is 15.1. The minimum Gasteiger partial charge on any atom is -0.330 e. The molecular weight excluding hydrogens is 208 g/mol. The van der Waals surface area contributed by atoms with E-state index in [9.17, 15) is 0 Å². The quantitative estimate of drug-likeness (QED) is 0.860. The first kappa shape index (κ1) is 11.2. The van der Waals surface area contributed by atoms with Gasteiger partial charge < -0.3 is 5.73 Å². The highest BCUT2D eigenvalue weighted by Gasteiger charge is 2.27. The predicted octanol–water partition coefficient (Wildman–Crippen LogP) is 2.34. The van der Waals surface area contributed by atoms with Gasteiger partial charge in [0.25, 0.3) is 0 Å². The Morgan fingerprint density at radius 3 is 2.71 bits per heavy atom. The molecule has 0 bridgehead atoms. The van der Waals surface area contributed by atoms with E-state index in [0.29, 0.717) is 0 Å². The van der Waals surface area contributed by atoms with Crippen molar-refractivity contribution >= 4 is 0 Å². The highest BCUT2D eigenvalue weighted by Crippen LogP contribution is 2.41. The van der Waals surface area contributed by atoms with Crippen molar-refractivity contribution < 1.29 is 0 Å². The minimum absolute atomic E-state index is 0.725. The number of nitrogens with two attached hydrogens (primary N) is 1. The first-order valence-corrected chi connectivity index (χ1v) is 6.87. The molecule has 0 amide bonds. The maximum absolute atomic E-state index is 5.75. The maximum Gasteiger partial charge on any atom is 0.0236 e. The zero-order valence-corrected chi connectivity index (χ0v) is 10.4. The van der Waals surface area contributed by atoms with Crippen LogP contribution in [0.25, 0.3) is 0 Å². The lowest BCUT2D eigenvalue weighted by Crippen LogP contribution is -2.23. The number of nitrogens with zero attached hydrogens (tertiary/aromatic N) is 1. The summed E-state index contributed by atoms with van der Waals surface area (Å²) in [6.45, 7) is 4.39. The Morgan fingerprint density at radius 2 is 2.00 bits per heavy atom. The molecule has 1 aromatic rings. The fourth-order valence-corrected chi connectivity index (χ4v) is 2.96. The Kier molecular flexibility index (Phi) is 3.17. The molecule has 2 aliphatic rings. The zero-order chi connectivity index (χ0) is 11.7. The molecule has 2 fully saturated rings. The lowest BCUT2D eigenvalue weighted by atomic mass is 10.0. The van der Waals surface area contributed by atoms with Crippen molar-refractivity contribution in [3.05, 3.63) is 35.4 Å². The fourth-order valence-electron chi connectivity index (χ4n) is 2.96. The van der Waals surface area contributed by atoms with E-state index in [-0.39, 0.29) is 0 Å². The number of rotatable bonds is 4. The second-order valence-electron chi connectivity index (χ2n) is 5.60. The molecule has 3 rings (SSSR count). The van der Waals surface area contributed by atoms with Gasteiger partial charge in [0.15, 0.2) is 0 Å². The van der Waals surface area contributed by atoms with Gasteiger partial charge in [-0.05, 0) is 55.3 Å². The van der Waals surface area contributed by atoms with Gasteiger partial charge in [0.05, 0.1) is 0 Å². The third-order valence-electron chi connectivity index (χ3n) is 4.17. The molecule has 0 aromatic heterocycles. The van der Waals surface area contributed by atoms with Gasteiger partial charge >= 0.3 is 0 Å². The second kappa shape index (κ2) is 4.79. The van der Waals surface area contributed by atoms with Crippen LogP contribution < -0.4 is 5.73 Å². The molecular formula is C15H22N2. The van der Waals surface area contributed by atoms with Crippen LogP contribution in [-0.4, -0.2) is 24.5 Å². The predicted molar refractivity (Wildman–Crippen MR) is 70.9 cm³/mol. The third-order valence-corrected chi connectivity index (χ3v) is 4.17. The highest BCUT2D eigenvalue weighted by molar-refractivity contribution is 5.33. The molecule has 1 atom stereocenters. The summed E-state index contributed by atoms with van der Waals surface area (Å²) in [6, 6.07) is 8.99. The van der Waals surface area contributed by atoms with E-state index in [4.69, 9.17) is 5.73 Å². The van der Waals surface area contributed by atoms with Crippen molar-refractivity contribution in [1.82, 2.24) is 4.90 Å². The molecule has 0 radical (unpaired) electrons. The van der Waals surface area contributed by atoms with Crippen LogP contribution in [0.1, 0.15) is 36.3 Å². The Labute approximate surface area is 104 Å². The van der Waals surface area contributed by atoms with Crippen LogP contribution in [0.3, 0.4) is 0 Å². The van der Waals surface area contributed by atoms with E-state index in [0.717, 1.165) is 24.9 Å². The Balaban J connectivity index is 1.68. The van der Waals surface area contributed by atoms with Crippen molar-refractivity contribution in [3.8, 4) is 0 Å². The Bertz CT molecular complexity index is 384. The molecule has 1 aliphatic heterocycles. The first-order chi connectivity index (χ1) is 8.36. The zero-order valence-electron chi connectivity index (χ0n) is 10.4. The molecule has 1 heterocycles. The summed E-state index contributed by atoms with van der Waals surface area (Å²) >= 11 is 0. The van der Waals surface area contributed by atoms with E-state index in [1.54, 1.807) is 11.1 Å². The summed E-state index contributed by atoms with van der Waals surface area (Å²) in [4.78, 5) is 2.57. The SMILES string of the molecule is NCC1CCN(Cc2ccccc2C2CC2)C1. The summed E-state index contributed by atoms with van der Waals surface area (Å²) in [5.41, 5.74) is 8.90. The van der Waals surface area contributed by atoms with Crippen molar-refractivity contribution in [2.24, 2.45) is 11.7 Å². The monoisotopic (exact) mass is 230 g/mol. The van der Waals surface area contributed by atoms with Gasteiger partial charge in [-0.25, -0.2) is 0 Å². The van der Waals surface area contributed by atoms with Gasteiger partial charge in [-0.15, -0.1) is 0 Å². The molecule has 2 heteroatoms. The first-order valence-electron chi connectivity index (χ1n) is 6.87. The summed E-state index contributed by atoms with van der Waals surface area (Å²) in [6.07, 6.45) is 4.06. The van der Waals surface area contributed by atoms with Crippen molar-refractivity contribution in [3.63, 3.8) is 0 Å². The van der Waals surface area contributed by atoms with Gasteiger partial charge in [-0.3, -0.25) is 4.90 Å². The van der Waals surface area contributed by atoms with Crippen molar-refractivity contribution in [2.75, 3.05) is 19.6 Å². The number of likely N-dealkylation sites (tertiary alicyclic amines) is 1. The fraction of sp³-hybridized carbons (Fsp3) is 0.600. The molecule has 1 unspecified atom stereocenters. The van der Waals surface area contributed by atoms with Gasteiger partial charge in [0, 0.05) is 13.1 Å². The van der Waals surface area contributed by atoms with Crippen LogP contribution >= 0.6 is 0 Å². The van der Waals surface area contributed by atoms with Gasteiger partial charge in [0.2, 0.25) is 0 Å². The summed E-state index contributed by atoms with van der Waals surface area (Å²) < 4.78 is 0. The molecule has 2 N–H and O–H groups in total. The van der Waals surface area contributed by atoms with Gasteiger partial charge in [-0.1, -0.05) is 24.3 Å².